The first-order chi connectivity index (χ1) is 14.2. The number of ether oxygens (including phenoxy) is 1. The van der Waals surface area contributed by atoms with Crippen molar-refractivity contribution in [1.82, 2.24) is 15.6 Å². The van der Waals surface area contributed by atoms with Crippen molar-refractivity contribution in [2.24, 2.45) is 0 Å². The van der Waals surface area contributed by atoms with Crippen LogP contribution in [-0.2, 0) is 14.6 Å². The summed E-state index contributed by atoms with van der Waals surface area (Å²) in [5.74, 6) is 0.0361. The Morgan fingerprint density at radius 3 is 2.33 bits per heavy atom. The van der Waals surface area contributed by atoms with Gasteiger partial charge in [0, 0.05) is 31.5 Å². The van der Waals surface area contributed by atoms with Gasteiger partial charge in [0.2, 0.25) is 11.8 Å². The molecule has 0 aliphatic heterocycles. The number of pyridine rings is 1. The molecule has 0 bridgehead atoms. The third kappa shape index (κ3) is 5.79. The molecule has 30 heavy (non-hydrogen) atoms. The first kappa shape index (κ1) is 21.8. The van der Waals surface area contributed by atoms with Crippen molar-refractivity contribution in [3.8, 4) is 11.6 Å². The second kappa shape index (κ2) is 9.25. The number of benzene rings is 1. The van der Waals surface area contributed by atoms with Crippen molar-refractivity contribution in [3.63, 3.8) is 0 Å². The summed E-state index contributed by atoms with van der Waals surface area (Å²) in [7, 11) is -3.38. The number of hydrogen-bond acceptors (Lipinski definition) is 6. The molecule has 0 atom stereocenters. The maximum Gasteiger partial charge on any atom is 0.257 e. The molecule has 1 saturated carbocycles. The van der Waals surface area contributed by atoms with E-state index in [1.165, 1.54) is 25.3 Å². The van der Waals surface area contributed by atoms with Gasteiger partial charge in [0.1, 0.15) is 11.3 Å². The summed E-state index contributed by atoms with van der Waals surface area (Å²) in [6, 6.07) is 9.46. The van der Waals surface area contributed by atoms with Crippen LogP contribution in [0.1, 0.15) is 43.0 Å². The monoisotopic (exact) mass is 431 g/mol. The van der Waals surface area contributed by atoms with Gasteiger partial charge in [-0.05, 0) is 56.0 Å². The second-order valence-electron chi connectivity index (χ2n) is 7.43. The van der Waals surface area contributed by atoms with Crippen LogP contribution in [0.2, 0.25) is 0 Å². The smallest absolute Gasteiger partial charge is 0.257 e. The van der Waals surface area contributed by atoms with E-state index in [0.29, 0.717) is 0 Å². The lowest BCUT2D eigenvalue weighted by atomic mass is 9.91. The molecule has 2 N–H and O–H groups in total. The number of rotatable bonds is 6. The van der Waals surface area contributed by atoms with Crippen molar-refractivity contribution < 1.29 is 22.7 Å². The molecule has 1 aliphatic rings. The summed E-state index contributed by atoms with van der Waals surface area (Å²) in [4.78, 5) is 28.3. The molecule has 1 aromatic carbocycles. The molecular weight excluding hydrogens is 406 g/mol. The van der Waals surface area contributed by atoms with E-state index in [2.05, 4.69) is 15.6 Å². The molecule has 0 unspecified atom stereocenters. The highest BCUT2D eigenvalue weighted by Crippen LogP contribution is 2.26. The highest BCUT2D eigenvalue weighted by Gasteiger charge is 2.24. The van der Waals surface area contributed by atoms with Gasteiger partial charge in [0.15, 0.2) is 9.84 Å². The summed E-state index contributed by atoms with van der Waals surface area (Å²) in [6.45, 7) is 1.50. The Hall–Kier alpha value is -2.94. The van der Waals surface area contributed by atoms with Crippen LogP contribution in [0.5, 0.6) is 11.6 Å². The number of nitrogens with one attached hydrogen (secondary N) is 2. The summed E-state index contributed by atoms with van der Waals surface area (Å²) >= 11 is 0. The summed E-state index contributed by atoms with van der Waals surface area (Å²) < 4.78 is 29.2. The molecule has 1 heterocycles. The van der Waals surface area contributed by atoms with Crippen LogP contribution in [0.4, 0.5) is 0 Å². The zero-order valence-corrected chi connectivity index (χ0v) is 17.7. The van der Waals surface area contributed by atoms with Crippen LogP contribution in [-0.4, -0.2) is 43.6 Å². The average Bonchev–Trinajstić information content (AvgIpc) is 2.69. The zero-order chi connectivity index (χ0) is 21.7. The maximum absolute atomic E-state index is 12.8. The van der Waals surface area contributed by atoms with Crippen LogP contribution in [0.25, 0.3) is 0 Å². The molecule has 1 fully saturated rings. The van der Waals surface area contributed by atoms with E-state index in [4.69, 9.17) is 4.74 Å². The number of amides is 2. The van der Waals surface area contributed by atoms with Gasteiger partial charge < -0.3 is 15.4 Å². The maximum atomic E-state index is 12.8. The molecule has 0 radical (unpaired) electrons. The predicted octanol–water partition coefficient (Wildman–Crippen LogP) is 2.45. The quantitative estimate of drug-likeness (QED) is 0.726. The van der Waals surface area contributed by atoms with Gasteiger partial charge in [0.25, 0.3) is 5.91 Å². The normalized spacial score (nSPS) is 19.0. The van der Waals surface area contributed by atoms with Gasteiger partial charge in [-0.25, -0.2) is 13.4 Å². The number of carbonyl (C=O) groups excluding carboxylic acids is 2. The predicted molar refractivity (Wildman–Crippen MR) is 111 cm³/mol. The van der Waals surface area contributed by atoms with Gasteiger partial charge in [0.05, 0.1) is 4.90 Å². The Balaban J connectivity index is 1.68. The molecule has 1 aliphatic carbocycles. The summed E-state index contributed by atoms with van der Waals surface area (Å²) in [5, 5.41) is 5.92. The molecule has 2 aromatic rings. The topological polar surface area (TPSA) is 114 Å². The lowest BCUT2D eigenvalue weighted by molar-refractivity contribution is -0.119. The van der Waals surface area contributed by atoms with Gasteiger partial charge in [-0.2, -0.15) is 0 Å². The Morgan fingerprint density at radius 2 is 1.70 bits per heavy atom. The van der Waals surface area contributed by atoms with E-state index in [1.807, 2.05) is 0 Å². The minimum atomic E-state index is -3.38. The molecule has 2 amide bonds. The third-order valence-electron chi connectivity index (χ3n) is 4.93. The van der Waals surface area contributed by atoms with E-state index in [-0.39, 0.29) is 46.0 Å². The fraction of sp³-hybridized carbons (Fsp3) is 0.381. The van der Waals surface area contributed by atoms with Crippen molar-refractivity contribution in [1.29, 1.82) is 0 Å². The molecule has 160 valence electrons. The Morgan fingerprint density at radius 1 is 1.03 bits per heavy atom. The van der Waals surface area contributed by atoms with E-state index in [9.17, 15) is 18.0 Å². The summed E-state index contributed by atoms with van der Waals surface area (Å²) in [5.41, 5.74) is 0.270. The van der Waals surface area contributed by atoms with Crippen molar-refractivity contribution in [2.45, 2.75) is 49.6 Å². The van der Waals surface area contributed by atoms with Gasteiger partial charge in [-0.1, -0.05) is 6.07 Å². The van der Waals surface area contributed by atoms with Crippen LogP contribution >= 0.6 is 0 Å². The standard InChI is InChI=1S/C21H25N3O5S/c1-14(25)23-15-8-10-16(11-9-15)24-20(26)19-7-4-12-22-21(19)29-17-5-3-6-18(13-17)30(2,27)28/h3-7,12-13,15-16H,8-11H2,1-2H3,(H,23,25)(H,24,26). The van der Waals surface area contributed by atoms with Gasteiger partial charge in [-0.3, -0.25) is 9.59 Å². The van der Waals surface area contributed by atoms with Gasteiger partial charge in [-0.15, -0.1) is 0 Å². The zero-order valence-electron chi connectivity index (χ0n) is 16.9. The van der Waals surface area contributed by atoms with Crippen LogP contribution in [0.3, 0.4) is 0 Å². The van der Waals surface area contributed by atoms with Gasteiger partial charge >= 0.3 is 0 Å². The number of aromatic nitrogens is 1. The fourth-order valence-corrected chi connectivity index (χ4v) is 4.11. The van der Waals surface area contributed by atoms with Crippen LogP contribution in [0, 0.1) is 0 Å². The fourth-order valence-electron chi connectivity index (χ4n) is 3.46. The van der Waals surface area contributed by atoms with Crippen LogP contribution in [0.15, 0.2) is 47.5 Å². The first-order valence-electron chi connectivity index (χ1n) is 9.73. The molecule has 9 heteroatoms. The highest BCUT2D eigenvalue weighted by molar-refractivity contribution is 7.90. The SMILES string of the molecule is CC(=O)NC1CCC(NC(=O)c2cccnc2Oc2cccc(S(C)(=O)=O)c2)CC1. The van der Waals surface area contributed by atoms with Crippen molar-refractivity contribution >= 4 is 21.7 Å². The third-order valence-corrected chi connectivity index (χ3v) is 6.04. The number of nitrogens with zero attached hydrogens (tertiary/aromatic N) is 1. The lowest BCUT2D eigenvalue weighted by Gasteiger charge is -2.29. The van der Waals surface area contributed by atoms with Crippen molar-refractivity contribution in [2.75, 3.05) is 6.26 Å². The lowest BCUT2D eigenvalue weighted by Crippen LogP contribution is -2.43. The van der Waals surface area contributed by atoms with Crippen molar-refractivity contribution in [3.05, 3.63) is 48.2 Å². The second-order valence-corrected chi connectivity index (χ2v) is 9.44. The van der Waals surface area contributed by atoms with E-state index >= 15 is 0 Å². The van der Waals surface area contributed by atoms with Crippen LogP contribution < -0.4 is 15.4 Å². The number of sulfone groups is 1. The molecule has 3 rings (SSSR count). The minimum absolute atomic E-state index is 0.00382. The number of carbonyl (C=O) groups is 2. The largest absolute Gasteiger partial charge is 0.438 e. The Bertz CT molecular complexity index is 1030. The first-order valence-corrected chi connectivity index (χ1v) is 11.6. The molecule has 1 aromatic heterocycles. The molecule has 0 saturated heterocycles. The van der Waals surface area contributed by atoms with E-state index in [0.717, 1.165) is 31.9 Å². The Labute approximate surface area is 176 Å². The minimum Gasteiger partial charge on any atom is -0.438 e. The van der Waals surface area contributed by atoms with E-state index in [1.54, 1.807) is 24.3 Å². The molecule has 0 spiro atoms. The molecular formula is C21H25N3O5S. The number of hydrogen-bond donors (Lipinski definition) is 2. The average molecular weight is 432 g/mol. The highest BCUT2D eigenvalue weighted by atomic mass is 32.2. The summed E-state index contributed by atoms with van der Waals surface area (Å²) in [6.07, 6.45) is 5.77. The molecule has 8 nitrogen and oxygen atoms in total. The van der Waals surface area contributed by atoms with E-state index < -0.39 is 9.84 Å². The Kier molecular flexibility index (Phi) is 6.71.